The molecule has 23 heavy (non-hydrogen) atoms. The molecule has 1 heterocycles. The van der Waals surface area contributed by atoms with E-state index in [0.717, 1.165) is 5.56 Å². The summed E-state index contributed by atoms with van der Waals surface area (Å²) < 4.78 is 19.2. The predicted molar refractivity (Wildman–Crippen MR) is 88.6 cm³/mol. The van der Waals surface area contributed by atoms with Gasteiger partial charge in [0, 0.05) is 30.6 Å². The minimum Gasteiger partial charge on any atom is -0.352 e. The molecule has 0 bridgehead atoms. The number of ether oxygens (including phenoxy) is 1. The normalized spacial score (nSPS) is 12.7. The molecule has 1 N–H and O–H groups in total. The van der Waals surface area contributed by atoms with Crippen molar-refractivity contribution < 1.29 is 14.0 Å². The molecule has 0 aliphatic heterocycles. The van der Waals surface area contributed by atoms with Gasteiger partial charge in [-0.1, -0.05) is 41.9 Å². The highest BCUT2D eigenvalue weighted by Crippen LogP contribution is 2.29. The van der Waals surface area contributed by atoms with E-state index in [-0.39, 0.29) is 10.6 Å². The highest BCUT2D eigenvalue weighted by molar-refractivity contribution is 6.52. The van der Waals surface area contributed by atoms with Gasteiger partial charge in [0.05, 0.1) is 10.7 Å². The summed E-state index contributed by atoms with van der Waals surface area (Å²) in [5.41, 5.74) is 4.12. The highest BCUT2D eigenvalue weighted by Gasteiger charge is 2.20. The van der Waals surface area contributed by atoms with Crippen LogP contribution in [0.25, 0.3) is 10.7 Å². The van der Waals surface area contributed by atoms with Crippen LogP contribution in [-0.4, -0.2) is 17.9 Å². The Morgan fingerprint density at radius 3 is 2.52 bits per heavy atom. The van der Waals surface area contributed by atoms with Gasteiger partial charge in [0.1, 0.15) is 5.82 Å². The van der Waals surface area contributed by atoms with Gasteiger partial charge < -0.3 is 4.74 Å². The van der Waals surface area contributed by atoms with E-state index in [1.165, 1.54) is 25.6 Å². The van der Waals surface area contributed by atoms with Crippen LogP contribution in [0.15, 0.2) is 48.8 Å². The fourth-order valence-electron chi connectivity index (χ4n) is 1.72. The second kappa shape index (κ2) is 7.55. The summed E-state index contributed by atoms with van der Waals surface area (Å²) in [6.07, 6.45) is 2.73. The topological polar surface area (TPSA) is 43.4 Å². The molecular weight excluding hydrogens is 319 g/mol. The Bertz CT molecular complexity index is 690. The largest absolute Gasteiger partial charge is 0.352 e. The molecular formula is C17H18ClFN2O2. The van der Waals surface area contributed by atoms with Crippen molar-refractivity contribution in [1.29, 1.82) is 0 Å². The summed E-state index contributed by atoms with van der Waals surface area (Å²) in [6, 6.07) is 10.5. The zero-order valence-corrected chi connectivity index (χ0v) is 13.9. The van der Waals surface area contributed by atoms with Crippen LogP contribution in [0.4, 0.5) is 4.39 Å². The maximum absolute atomic E-state index is 14.0. The number of nitrogens with zero attached hydrogens (tertiary/aromatic N) is 1. The van der Waals surface area contributed by atoms with Gasteiger partial charge in [-0.15, -0.1) is 0 Å². The van der Waals surface area contributed by atoms with Crippen molar-refractivity contribution in [3.8, 4) is 0 Å². The van der Waals surface area contributed by atoms with E-state index in [1.54, 1.807) is 13.8 Å². The van der Waals surface area contributed by atoms with Crippen LogP contribution < -0.4 is 5.48 Å². The van der Waals surface area contributed by atoms with Crippen molar-refractivity contribution >= 4 is 22.3 Å². The Hall–Kier alpha value is -1.95. The van der Waals surface area contributed by atoms with Crippen LogP contribution in [0, 0.1) is 5.82 Å². The third-order valence-corrected chi connectivity index (χ3v) is 3.57. The first-order chi connectivity index (χ1) is 10.9. The van der Waals surface area contributed by atoms with Gasteiger partial charge in [-0.05, 0) is 19.9 Å². The lowest BCUT2D eigenvalue weighted by Crippen LogP contribution is -2.33. The Balaban J connectivity index is 2.45. The Morgan fingerprint density at radius 1 is 1.22 bits per heavy atom. The molecule has 6 heteroatoms. The maximum Gasteiger partial charge on any atom is 0.187 e. The Labute approximate surface area is 139 Å². The number of methoxy groups -OCH3 is 1. The highest BCUT2D eigenvalue weighted by atomic mass is 35.5. The van der Waals surface area contributed by atoms with E-state index < -0.39 is 11.6 Å². The van der Waals surface area contributed by atoms with Gasteiger partial charge >= 0.3 is 0 Å². The zero-order valence-electron chi connectivity index (χ0n) is 13.1. The van der Waals surface area contributed by atoms with Gasteiger partial charge in [0.25, 0.3) is 0 Å². The third kappa shape index (κ3) is 4.51. The number of pyridine rings is 1. The first-order valence-corrected chi connectivity index (χ1v) is 7.36. The molecule has 0 radical (unpaired) electrons. The van der Waals surface area contributed by atoms with Crippen molar-refractivity contribution in [2.75, 3.05) is 7.11 Å². The van der Waals surface area contributed by atoms with Crippen molar-refractivity contribution in [2.24, 2.45) is 0 Å². The minimum atomic E-state index is -0.884. The number of aromatic nitrogens is 1. The SMILES string of the molecule is COC(C)(C)ONC(=C(Cl)c1cnccc1F)c1ccccc1. The van der Waals surface area contributed by atoms with E-state index in [0.29, 0.717) is 5.70 Å². The second-order valence-electron chi connectivity index (χ2n) is 5.22. The Morgan fingerprint density at radius 2 is 1.91 bits per heavy atom. The molecule has 0 saturated carbocycles. The van der Waals surface area contributed by atoms with Crippen LogP contribution in [0.1, 0.15) is 25.0 Å². The molecule has 0 spiro atoms. The van der Waals surface area contributed by atoms with Crippen LogP contribution >= 0.6 is 11.6 Å². The van der Waals surface area contributed by atoms with Crippen molar-refractivity contribution in [3.05, 3.63) is 65.7 Å². The van der Waals surface area contributed by atoms with E-state index in [2.05, 4.69) is 10.5 Å². The van der Waals surface area contributed by atoms with Gasteiger partial charge in [-0.25, -0.2) is 9.23 Å². The summed E-state index contributed by atoms with van der Waals surface area (Å²) in [4.78, 5) is 9.44. The van der Waals surface area contributed by atoms with Gasteiger partial charge in [0.2, 0.25) is 0 Å². The maximum atomic E-state index is 14.0. The minimum absolute atomic E-state index is 0.161. The van der Waals surface area contributed by atoms with Gasteiger partial charge in [0.15, 0.2) is 5.79 Å². The fourth-order valence-corrected chi connectivity index (χ4v) is 2.01. The van der Waals surface area contributed by atoms with Crippen LogP contribution in [0.2, 0.25) is 0 Å². The molecule has 0 unspecified atom stereocenters. The molecule has 122 valence electrons. The lowest BCUT2D eigenvalue weighted by Gasteiger charge is -2.25. The Kier molecular flexibility index (Phi) is 5.71. The smallest absolute Gasteiger partial charge is 0.187 e. The third-order valence-electron chi connectivity index (χ3n) is 3.18. The monoisotopic (exact) mass is 336 g/mol. The summed E-state index contributed by atoms with van der Waals surface area (Å²) in [5, 5.41) is 0.161. The molecule has 4 nitrogen and oxygen atoms in total. The molecule has 0 saturated heterocycles. The number of hydrogen-bond donors (Lipinski definition) is 1. The molecule has 1 aromatic carbocycles. The van der Waals surface area contributed by atoms with Crippen LogP contribution in [-0.2, 0) is 9.57 Å². The van der Waals surface area contributed by atoms with E-state index in [1.807, 2.05) is 30.3 Å². The quantitative estimate of drug-likeness (QED) is 0.634. The van der Waals surface area contributed by atoms with Gasteiger partial charge in [-0.3, -0.25) is 10.5 Å². The number of rotatable bonds is 6. The summed E-state index contributed by atoms with van der Waals surface area (Å²) in [7, 11) is 1.52. The average Bonchev–Trinajstić information content (AvgIpc) is 2.56. The van der Waals surface area contributed by atoms with Crippen molar-refractivity contribution in [3.63, 3.8) is 0 Å². The summed E-state index contributed by atoms with van der Waals surface area (Å²) >= 11 is 6.40. The number of nitrogens with one attached hydrogen (secondary N) is 1. The number of benzene rings is 1. The predicted octanol–water partition coefficient (Wildman–Crippen LogP) is 4.19. The first kappa shape index (κ1) is 17.4. The molecule has 0 aliphatic carbocycles. The molecule has 2 rings (SSSR count). The second-order valence-corrected chi connectivity index (χ2v) is 5.60. The zero-order chi connectivity index (χ0) is 16.9. The molecule has 0 aliphatic rings. The van der Waals surface area contributed by atoms with E-state index >= 15 is 0 Å². The fraction of sp³-hybridized carbons (Fsp3) is 0.235. The standard InChI is InChI=1S/C17H18ClFN2O2/c1-17(2,22-3)23-21-16(12-7-5-4-6-8-12)15(18)13-11-20-10-9-14(13)19/h4-11,21H,1-3H3. The molecule has 0 atom stereocenters. The summed E-state index contributed by atoms with van der Waals surface area (Å²) in [6.45, 7) is 3.47. The van der Waals surface area contributed by atoms with Crippen LogP contribution in [0.3, 0.4) is 0 Å². The van der Waals surface area contributed by atoms with E-state index in [4.69, 9.17) is 21.2 Å². The molecule has 0 fully saturated rings. The molecule has 1 aromatic heterocycles. The van der Waals surface area contributed by atoms with Crippen LogP contribution in [0.5, 0.6) is 0 Å². The van der Waals surface area contributed by atoms with Crippen molar-refractivity contribution in [2.45, 2.75) is 19.6 Å². The molecule has 2 aromatic rings. The molecule has 0 amide bonds. The lowest BCUT2D eigenvalue weighted by molar-refractivity contribution is -0.220. The number of hydroxylamine groups is 1. The van der Waals surface area contributed by atoms with E-state index in [9.17, 15) is 4.39 Å². The first-order valence-electron chi connectivity index (χ1n) is 6.99. The average molecular weight is 337 g/mol. The van der Waals surface area contributed by atoms with Crippen molar-refractivity contribution in [1.82, 2.24) is 10.5 Å². The number of hydrogen-bond acceptors (Lipinski definition) is 4. The number of halogens is 2. The van der Waals surface area contributed by atoms with Gasteiger partial charge in [-0.2, -0.15) is 0 Å². The lowest BCUT2D eigenvalue weighted by atomic mass is 10.1. The summed E-state index contributed by atoms with van der Waals surface area (Å²) in [5.74, 6) is -1.35.